The van der Waals surface area contributed by atoms with Gasteiger partial charge in [0.1, 0.15) is 5.75 Å². The molecule has 5 rings (SSSR count). The number of hydrogen-bond donors (Lipinski definition) is 1. The lowest BCUT2D eigenvalue weighted by Crippen LogP contribution is -2.53. The van der Waals surface area contributed by atoms with E-state index in [-0.39, 0.29) is 12.0 Å². The van der Waals surface area contributed by atoms with E-state index in [0.717, 1.165) is 31.8 Å². The van der Waals surface area contributed by atoms with Gasteiger partial charge >= 0.3 is 0 Å². The third-order valence-corrected chi connectivity index (χ3v) is 8.76. The molecule has 222 valence electrons. The van der Waals surface area contributed by atoms with Crippen LogP contribution in [0, 0.1) is 5.92 Å². The first-order valence-corrected chi connectivity index (χ1v) is 15.5. The molecule has 0 radical (unpaired) electrons. The van der Waals surface area contributed by atoms with Crippen molar-refractivity contribution in [3.8, 4) is 5.75 Å². The number of fused-ring (bicyclic) bond motifs is 1. The first kappa shape index (κ1) is 30.2. The number of nitrogens with one attached hydrogen (secondary N) is 1. The molecule has 1 saturated heterocycles. The second-order valence-electron chi connectivity index (χ2n) is 11.5. The number of nitrogens with zero attached hydrogens (tertiary/aromatic N) is 1. The third-order valence-electron chi connectivity index (χ3n) is 8.76. The van der Waals surface area contributed by atoms with E-state index in [2.05, 4.69) is 110 Å². The van der Waals surface area contributed by atoms with Crippen molar-refractivity contribution in [2.75, 3.05) is 39.9 Å². The lowest BCUT2D eigenvalue weighted by molar-refractivity contribution is -0.0193. The van der Waals surface area contributed by atoms with Gasteiger partial charge in [-0.1, -0.05) is 85.8 Å². The molecule has 0 amide bonds. The van der Waals surface area contributed by atoms with Gasteiger partial charge < -0.3 is 24.4 Å². The van der Waals surface area contributed by atoms with E-state index in [1.807, 2.05) is 18.2 Å². The highest BCUT2D eigenvalue weighted by molar-refractivity contribution is 5.82. The summed E-state index contributed by atoms with van der Waals surface area (Å²) in [5.41, 5.74) is 3.73. The van der Waals surface area contributed by atoms with E-state index < -0.39 is 0 Å². The lowest BCUT2D eigenvalue weighted by atomic mass is 9.75. The first-order valence-electron chi connectivity index (χ1n) is 15.5. The van der Waals surface area contributed by atoms with Gasteiger partial charge in [0.15, 0.2) is 0 Å². The van der Waals surface area contributed by atoms with Crippen molar-refractivity contribution in [3.63, 3.8) is 0 Å². The number of hydrogen-bond acceptors (Lipinski definition) is 5. The van der Waals surface area contributed by atoms with Crippen LogP contribution in [0.2, 0.25) is 0 Å². The fraction of sp³-hybridized carbons (Fsp3) is 0.405. The minimum Gasteiger partial charge on any atom is -0.494 e. The summed E-state index contributed by atoms with van der Waals surface area (Å²) in [4.78, 5) is 2.45. The molecule has 0 aromatic heterocycles. The summed E-state index contributed by atoms with van der Waals surface area (Å²) in [7, 11) is 2.22. The Morgan fingerprint density at radius 1 is 0.810 bits per heavy atom. The van der Waals surface area contributed by atoms with Gasteiger partial charge in [0.2, 0.25) is 0 Å². The zero-order chi connectivity index (χ0) is 29.1. The van der Waals surface area contributed by atoms with Crippen LogP contribution in [0.25, 0.3) is 10.8 Å². The molecule has 0 saturated carbocycles. The number of ether oxygens (including phenoxy) is 3. The van der Waals surface area contributed by atoms with Gasteiger partial charge in [-0.15, -0.1) is 0 Å². The van der Waals surface area contributed by atoms with E-state index in [1.54, 1.807) is 0 Å². The number of piperidine rings is 1. The topological polar surface area (TPSA) is 43.0 Å². The van der Waals surface area contributed by atoms with E-state index in [4.69, 9.17) is 14.2 Å². The van der Waals surface area contributed by atoms with Gasteiger partial charge in [0.25, 0.3) is 0 Å². The highest BCUT2D eigenvalue weighted by Crippen LogP contribution is 2.37. The summed E-state index contributed by atoms with van der Waals surface area (Å²) in [6.07, 6.45) is 0.938. The molecule has 4 aromatic carbocycles. The molecule has 42 heavy (non-hydrogen) atoms. The van der Waals surface area contributed by atoms with Crippen molar-refractivity contribution in [2.24, 2.45) is 5.92 Å². The van der Waals surface area contributed by atoms with Crippen molar-refractivity contribution >= 4 is 10.8 Å². The maximum atomic E-state index is 6.72. The van der Waals surface area contributed by atoms with Crippen molar-refractivity contribution < 1.29 is 14.2 Å². The van der Waals surface area contributed by atoms with Crippen LogP contribution < -0.4 is 10.1 Å². The van der Waals surface area contributed by atoms with Gasteiger partial charge in [0.05, 0.1) is 32.5 Å². The Labute approximate surface area is 251 Å². The molecule has 5 nitrogen and oxygen atoms in total. The predicted octanol–water partition coefficient (Wildman–Crippen LogP) is 7.05. The highest BCUT2D eigenvalue weighted by atomic mass is 16.5. The van der Waals surface area contributed by atoms with Gasteiger partial charge in [-0.2, -0.15) is 0 Å². The molecule has 1 aliphatic heterocycles. The van der Waals surface area contributed by atoms with Crippen LogP contribution in [-0.2, 0) is 22.7 Å². The minimum absolute atomic E-state index is 0.0801. The molecular formula is C37H46N2O3. The average Bonchev–Trinajstić information content (AvgIpc) is 3.05. The van der Waals surface area contributed by atoms with Crippen LogP contribution >= 0.6 is 0 Å². The zero-order valence-corrected chi connectivity index (χ0v) is 25.4. The van der Waals surface area contributed by atoms with Crippen LogP contribution in [0.4, 0.5) is 0 Å². The summed E-state index contributed by atoms with van der Waals surface area (Å²) >= 11 is 0. The van der Waals surface area contributed by atoms with Crippen molar-refractivity contribution in [3.05, 3.63) is 114 Å². The average molecular weight is 567 g/mol. The maximum Gasteiger partial charge on any atom is 0.119 e. The lowest BCUT2D eigenvalue weighted by Gasteiger charge is -2.44. The molecule has 4 unspecified atom stereocenters. The monoisotopic (exact) mass is 566 g/mol. The molecule has 0 spiro atoms. The van der Waals surface area contributed by atoms with Crippen molar-refractivity contribution in [2.45, 2.75) is 51.5 Å². The van der Waals surface area contributed by atoms with E-state index in [1.165, 1.54) is 27.5 Å². The largest absolute Gasteiger partial charge is 0.494 e. The normalized spacial score (nSPS) is 19.7. The van der Waals surface area contributed by atoms with Gasteiger partial charge in [-0.25, -0.2) is 0 Å². The number of benzene rings is 4. The Kier molecular flexibility index (Phi) is 11.0. The van der Waals surface area contributed by atoms with Crippen LogP contribution in [0.5, 0.6) is 5.75 Å². The van der Waals surface area contributed by atoms with Gasteiger partial charge in [-0.3, -0.25) is 0 Å². The molecule has 4 aromatic rings. The molecular weight excluding hydrogens is 520 g/mol. The maximum absolute atomic E-state index is 6.72. The standard InChI is InChI=1S/C37H46N2O3/c1-4-39(3)28(2)35-24-38-25-36(42-27-30-15-16-31-13-8-9-14-33(31)23-30)37(35)32-17-19-34(20-18-32)41-22-10-21-40-26-29-11-6-5-7-12-29/h5-9,11-20,23,28,35-38H,4,10,21-22,24-27H2,1-3H3. The first-order chi connectivity index (χ1) is 20.6. The molecule has 0 bridgehead atoms. The molecule has 1 N–H and O–H groups in total. The second kappa shape index (κ2) is 15.3. The SMILES string of the molecule is CCN(C)C(C)C1CNCC(OCc2ccc3ccccc3c2)C1c1ccc(OCCCOCc2ccccc2)cc1. The van der Waals surface area contributed by atoms with Crippen molar-refractivity contribution in [1.82, 2.24) is 10.2 Å². The van der Waals surface area contributed by atoms with Crippen molar-refractivity contribution in [1.29, 1.82) is 0 Å². The number of rotatable bonds is 14. The van der Waals surface area contributed by atoms with Gasteiger partial charge in [-0.05, 0) is 72.1 Å². The van der Waals surface area contributed by atoms with E-state index in [9.17, 15) is 0 Å². The summed E-state index contributed by atoms with van der Waals surface area (Å²) in [6.45, 7) is 10.00. The predicted molar refractivity (Wildman–Crippen MR) is 172 cm³/mol. The molecule has 0 aliphatic carbocycles. The summed E-state index contributed by atoms with van der Waals surface area (Å²) in [5.74, 6) is 1.62. The van der Waals surface area contributed by atoms with Crippen LogP contribution in [0.15, 0.2) is 97.1 Å². The molecule has 5 heteroatoms. The Balaban J connectivity index is 1.21. The van der Waals surface area contributed by atoms with E-state index in [0.29, 0.717) is 38.4 Å². The smallest absolute Gasteiger partial charge is 0.119 e. The Morgan fingerprint density at radius 3 is 2.36 bits per heavy atom. The fourth-order valence-electron chi connectivity index (χ4n) is 6.07. The van der Waals surface area contributed by atoms with Gasteiger partial charge in [0, 0.05) is 31.5 Å². The van der Waals surface area contributed by atoms with E-state index >= 15 is 0 Å². The minimum atomic E-state index is 0.0801. The van der Waals surface area contributed by atoms with Crippen LogP contribution in [0.3, 0.4) is 0 Å². The van der Waals surface area contributed by atoms with Crippen LogP contribution in [-0.4, -0.2) is 56.9 Å². The quantitative estimate of drug-likeness (QED) is 0.166. The fourth-order valence-corrected chi connectivity index (χ4v) is 6.07. The highest BCUT2D eigenvalue weighted by Gasteiger charge is 2.39. The third kappa shape index (κ3) is 7.99. The Bertz CT molecular complexity index is 1360. The molecule has 4 atom stereocenters. The zero-order valence-electron chi connectivity index (χ0n) is 25.4. The molecule has 1 fully saturated rings. The molecule has 1 aliphatic rings. The summed E-state index contributed by atoms with van der Waals surface area (Å²) < 4.78 is 18.6. The summed E-state index contributed by atoms with van der Waals surface area (Å²) in [5, 5.41) is 6.21. The molecule has 1 heterocycles. The second-order valence-corrected chi connectivity index (χ2v) is 11.5. The summed E-state index contributed by atoms with van der Waals surface area (Å²) in [6, 6.07) is 34.6. The Morgan fingerprint density at radius 2 is 1.57 bits per heavy atom. The van der Waals surface area contributed by atoms with Crippen LogP contribution in [0.1, 0.15) is 42.9 Å². The Hall–Kier alpha value is -3.22.